The SMILES string of the molecule is COc1ccc2c(c1)c(=O)oc1c(C)c(O[C@@H](C)C(=O)c3ccccc3)ccc12. The highest BCUT2D eigenvalue weighted by Crippen LogP contribution is 2.32. The molecule has 5 nitrogen and oxygen atoms in total. The molecule has 0 N–H and O–H groups in total. The Morgan fingerprint density at radius 2 is 1.69 bits per heavy atom. The highest BCUT2D eigenvalue weighted by Gasteiger charge is 2.19. The maximum atomic E-state index is 12.6. The van der Waals surface area contributed by atoms with Crippen molar-refractivity contribution in [1.82, 2.24) is 0 Å². The molecule has 5 heteroatoms. The molecule has 4 aromatic rings. The first-order chi connectivity index (χ1) is 14.0. The smallest absolute Gasteiger partial charge is 0.344 e. The molecule has 0 aliphatic rings. The standard InChI is InChI=1S/C24H20O5/c1-14-21(28-15(2)22(25)16-7-5-4-6-8-16)12-11-19-18-10-9-17(27-3)13-20(18)24(26)29-23(14)19/h4-13,15H,1-3H3/t15-/m0/s1. The van der Waals surface area contributed by atoms with Gasteiger partial charge >= 0.3 is 5.63 Å². The number of aryl methyl sites for hydroxylation is 1. The largest absolute Gasteiger partial charge is 0.497 e. The number of carbonyl (C=O) groups is 1. The van der Waals surface area contributed by atoms with Crippen molar-refractivity contribution < 1.29 is 18.7 Å². The normalized spacial score (nSPS) is 12.1. The number of ether oxygens (including phenoxy) is 2. The Morgan fingerprint density at radius 1 is 0.966 bits per heavy atom. The van der Waals surface area contributed by atoms with Crippen LogP contribution in [0, 0.1) is 6.92 Å². The lowest BCUT2D eigenvalue weighted by Gasteiger charge is -2.16. The number of fused-ring (bicyclic) bond motifs is 3. The summed E-state index contributed by atoms with van der Waals surface area (Å²) in [5, 5.41) is 2.03. The van der Waals surface area contributed by atoms with E-state index in [1.165, 1.54) is 0 Å². The van der Waals surface area contributed by atoms with Gasteiger partial charge in [0.05, 0.1) is 12.5 Å². The molecule has 0 saturated carbocycles. The van der Waals surface area contributed by atoms with Crippen LogP contribution in [0.15, 0.2) is 69.9 Å². The Kier molecular flexibility index (Phi) is 4.80. The summed E-state index contributed by atoms with van der Waals surface area (Å²) < 4.78 is 16.7. The number of methoxy groups -OCH3 is 1. The summed E-state index contributed by atoms with van der Waals surface area (Å²) in [5.74, 6) is 0.983. The molecule has 0 unspecified atom stereocenters. The first-order valence-corrected chi connectivity index (χ1v) is 9.29. The molecule has 0 radical (unpaired) electrons. The van der Waals surface area contributed by atoms with E-state index in [1.54, 1.807) is 38.3 Å². The fourth-order valence-corrected chi connectivity index (χ4v) is 3.43. The summed E-state index contributed by atoms with van der Waals surface area (Å²) in [5.41, 5.74) is 1.26. The number of hydrogen-bond acceptors (Lipinski definition) is 5. The van der Waals surface area contributed by atoms with Gasteiger partial charge < -0.3 is 13.9 Å². The number of carbonyl (C=O) groups excluding carboxylic acids is 1. The van der Waals surface area contributed by atoms with Crippen LogP contribution in [0.25, 0.3) is 21.7 Å². The number of ketones is 1. The number of benzene rings is 3. The van der Waals surface area contributed by atoms with E-state index < -0.39 is 11.7 Å². The summed E-state index contributed by atoms with van der Waals surface area (Å²) in [6.07, 6.45) is -0.676. The first kappa shape index (κ1) is 18.7. The van der Waals surface area contributed by atoms with Crippen LogP contribution >= 0.6 is 0 Å². The zero-order valence-corrected chi connectivity index (χ0v) is 16.4. The van der Waals surface area contributed by atoms with Crippen LogP contribution in [0.1, 0.15) is 22.8 Å². The van der Waals surface area contributed by atoms with Gasteiger partial charge in [-0.3, -0.25) is 4.79 Å². The lowest BCUT2D eigenvalue weighted by atomic mass is 10.0. The third kappa shape index (κ3) is 3.36. The van der Waals surface area contributed by atoms with E-state index in [1.807, 2.05) is 43.3 Å². The third-order valence-corrected chi connectivity index (χ3v) is 5.02. The monoisotopic (exact) mass is 388 g/mol. The molecule has 0 aliphatic carbocycles. The highest BCUT2D eigenvalue weighted by molar-refractivity contribution is 6.06. The Bertz CT molecular complexity index is 1270. The summed E-state index contributed by atoms with van der Waals surface area (Å²) in [6, 6.07) is 18.0. The lowest BCUT2D eigenvalue weighted by molar-refractivity contribution is 0.0817. The Hall–Kier alpha value is -3.60. The van der Waals surface area contributed by atoms with Crippen LogP contribution in [0.3, 0.4) is 0 Å². The molecular formula is C24H20O5. The summed E-state index contributed by atoms with van der Waals surface area (Å²) in [4.78, 5) is 25.1. The van der Waals surface area contributed by atoms with Crippen LogP contribution in [0.5, 0.6) is 11.5 Å². The minimum absolute atomic E-state index is 0.114. The van der Waals surface area contributed by atoms with Crippen molar-refractivity contribution in [2.75, 3.05) is 7.11 Å². The van der Waals surface area contributed by atoms with Crippen molar-refractivity contribution in [3.63, 3.8) is 0 Å². The summed E-state index contributed by atoms with van der Waals surface area (Å²) in [7, 11) is 1.55. The molecular weight excluding hydrogens is 368 g/mol. The third-order valence-electron chi connectivity index (χ3n) is 5.02. The molecule has 3 aromatic carbocycles. The van der Waals surface area contributed by atoms with E-state index >= 15 is 0 Å². The van der Waals surface area contributed by atoms with E-state index in [0.29, 0.717) is 33.6 Å². The van der Waals surface area contributed by atoms with Crippen LogP contribution in [0.4, 0.5) is 0 Å². The van der Waals surface area contributed by atoms with E-state index in [-0.39, 0.29) is 5.78 Å². The Balaban J connectivity index is 1.75. The zero-order chi connectivity index (χ0) is 20.5. The zero-order valence-electron chi connectivity index (χ0n) is 16.4. The maximum absolute atomic E-state index is 12.6. The lowest BCUT2D eigenvalue weighted by Crippen LogP contribution is -2.24. The fraction of sp³-hybridized carbons (Fsp3) is 0.167. The summed E-state index contributed by atoms with van der Waals surface area (Å²) in [6.45, 7) is 3.53. The van der Waals surface area contributed by atoms with E-state index in [0.717, 1.165) is 10.8 Å². The molecule has 1 atom stereocenters. The van der Waals surface area contributed by atoms with Gasteiger partial charge in [0.1, 0.15) is 17.1 Å². The van der Waals surface area contributed by atoms with Gasteiger partial charge in [0.15, 0.2) is 6.10 Å². The second-order valence-corrected chi connectivity index (χ2v) is 6.86. The molecule has 4 rings (SSSR count). The van der Waals surface area contributed by atoms with Gasteiger partial charge in [0, 0.05) is 21.9 Å². The molecule has 0 spiro atoms. The van der Waals surface area contributed by atoms with E-state index in [2.05, 4.69) is 0 Å². The molecule has 0 fully saturated rings. The highest BCUT2D eigenvalue weighted by atomic mass is 16.5. The molecule has 146 valence electrons. The second kappa shape index (κ2) is 7.43. The molecule has 0 aliphatic heterocycles. The topological polar surface area (TPSA) is 65.7 Å². The van der Waals surface area contributed by atoms with Crippen molar-refractivity contribution in [2.24, 2.45) is 0 Å². The van der Waals surface area contributed by atoms with Crippen molar-refractivity contribution in [1.29, 1.82) is 0 Å². The van der Waals surface area contributed by atoms with Gasteiger partial charge in [0.2, 0.25) is 5.78 Å². The van der Waals surface area contributed by atoms with Gasteiger partial charge in [-0.2, -0.15) is 0 Å². The Labute approximate surface area is 167 Å². The molecule has 29 heavy (non-hydrogen) atoms. The predicted octanol–water partition coefficient (Wildman–Crippen LogP) is 4.91. The molecule has 0 saturated heterocycles. The van der Waals surface area contributed by atoms with Crippen molar-refractivity contribution in [2.45, 2.75) is 20.0 Å². The second-order valence-electron chi connectivity index (χ2n) is 6.86. The average molecular weight is 388 g/mol. The number of Topliss-reactive ketones (excluding diaryl/α,β-unsaturated/α-hetero) is 1. The predicted molar refractivity (Wildman–Crippen MR) is 112 cm³/mol. The summed E-state index contributed by atoms with van der Waals surface area (Å²) >= 11 is 0. The minimum Gasteiger partial charge on any atom is -0.497 e. The quantitative estimate of drug-likeness (QED) is 0.276. The van der Waals surface area contributed by atoms with Gasteiger partial charge in [-0.25, -0.2) is 4.79 Å². The molecule has 0 amide bonds. The van der Waals surface area contributed by atoms with Gasteiger partial charge in [0.25, 0.3) is 0 Å². The van der Waals surface area contributed by atoms with Gasteiger partial charge in [-0.05, 0) is 44.2 Å². The number of rotatable bonds is 5. The molecule has 1 aromatic heterocycles. The van der Waals surface area contributed by atoms with E-state index in [9.17, 15) is 9.59 Å². The van der Waals surface area contributed by atoms with Crippen molar-refractivity contribution in [3.8, 4) is 11.5 Å². The van der Waals surface area contributed by atoms with Crippen molar-refractivity contribution in [3.05, 3.63) is 82.2 Å². The fourth-order valence-electron chi connectivity index (χ4n) is 3.43. The van der Waals surface area contributed by atoms with Crippen LogP contribution in [-0.2, 0) is 0 Å². The van der Waals surface area contributed by atoms with E-state index in [4.69, 9.17) is 13.9 Å². The maximum Gasteiger partial charge on any atom is 0.344 e. The van der Waals surface area contributed by atoms with Gasteiger partial charge in [-0.1, -0.05) is 30.3 Å². The van der Waals surface area contributed by atoms with Crippen molar-refractivity contribution >= 4 is 27.5 Å². The molecule has 0 bridgehead atoms. The minimum atomic E-state index is -0.676. The number of hydrogen-bond donors (Lipinski definition) is 0. The van der Waals surface area contributed by atoms with Crippen LogP contribution < -0.4 is 15.1 Å². The van der Waals surface area contributed by atoms with Crippen LogP contribution in [-0.4, -0.2) is 19.0 Å². The first-order valence-electron chi connectivity index (χ1n) is 9.29. The Morgan fingerprint density at radius 3 is 2.41 bits per heavy atom. The average Bonchev–Trinajstić information content (AvgIpc) is 2.76. The molecule has 1 heterocycles. The van der Waals surface area contributed by atoms with Crippen LogP contribution in [0.2, 0.25) is 0 Å². The van der Waals surface area contributed by atoms with Gasteiger partial charge in [-0.15, -0.1) is 0 Å².